The second-order valence-electron chi connectivity index (χ2n) is 10.6. The number of nitrogens with zero attached hydrogens (tertiary/aromatic N) is 1. The number of anilines is 1. The van der Waals surface area contributed by atoms with Crippen LogP contribution in [0.25, 0.3) is 0 Å². The average Bonchev–Trinajstić information content (AvgIpc) is 3.00. The largest absolute Gasteiger partial charge is 0.497 e. The van der Waals surface area contributed by atoms with Gasteiger partial charge in [0.05, 0.1) is 42.1 Å². The normalized spacial score (nSPS) is 19.6. The number of rotatable bonds is 10. The Morgan fingerprint density at radius 1 is 0.718 bits per heavy atom. The van der Waals surface area contributed by atoms with E-state index in [0.717, 1.165) is 43.1 Å². The molecule has 0 aromatic heterocycles. The number of urea groups is 1. The van der Waals surface area contributed by atoms with Gasteiger partial charge in [0.15, 0.2) is 0 Å². The van der Waals surface area contributed by atoms with Crippen LogP contribution < -0.4 is 29.0 Å². The smallest absolute Gasteiger partial charge is 0.322 e. The van der Waals surface area contributed by atoms with Crippen LogP contribution in [0.5, 0.6) is 28.7 Å². The molecule has 0 heterocycles. The van der Waals surface area contributed by atoms with Crippen molar-refractivity contribution in [1.82, 2.24) is 4.90 Å². The van der Waals surface area contributed by atoms with Crippen molar-refractivity contribution < 1.29 is 28.5 Å². The molecule has 0 atom stereocenters. The number of methoxy groups -OCH3 is 5. The molecule has 2 saturated carbocycles. The molecule has 0 unspecified atom stereocenters. The number of hydrogen-bond donors (Lipinski definition) is 1. The Morgan fingerprint density at radius 2 is 1.28 bits per heavy atom. The topological polar surface area (TPSA) is 78.5 Å². The first-order valence-corrected chi connectivity index (χ1v) is 14.1. The van der Waals surface area contributed by atoms with Gasteiger partial charge in [-0.1, -0.05) is 32.1 Å². The SMILES string of the molecule is COc1ccc(CN(C(=O)Nc2c(OC)cc(OC)cc2OC)[C@H]2CC[C@@H](C3CCCCC3)CC2)c(OC)c1. The predicted molar refractivity (Wildman–Crippen MR) is 153 cm³/mol. The van der Waals surface area contributed by atoms with E-state index in [1.165, 1.54) is 32.1 Å². The molecule has 2 aliphatic rings. The molecule has 2 aromatic carbocycles. The first-order chi connectivity index (χ1) is 19.0. The highest BCUT2D eigenvalue weighted by Crippen LogP contribution is 2.42. The first kappa shape index (κ1) is 28.7. The summed E-state index contributed by atoms with van der Waals surface area (Å²) in [5, 5.41) is 3.10. The standard InChI is InChI=1S/C31H44N2O6/c1-35-25-16-13-23(27(17-25)37-3)20-33(24-14-11-22(12-15-24)21-9-7-6-8-10-21)31(34)32-30-28(38-4)18-26(36-2)19-29(30)39-5/h13,16-19,21-22,24H,6-12,14-15,20H2,1-5H3,(H,32,34)/t22-,24+. The highest BCUT2D eigenvalue weighted by molar-refractivity contribution is 5.93. The predicted octanol–water partition coefficient (Wildman–Crippen LogP) is 6.90. The van der Waals surface area contributed by atoms with E-state index in [1.54, 1.807) is 47.7 Å². The average molecular weight is 541 g/mol. The van der Waals surface area contributed by atoms with Crippen molar-refractivity contribution >= 4 is 11.7 Å². The van der Waals surface area contributed by atoms with Gasteiger partial charge in [-0.25, -0.2) is 4.79 Å². The fourth-order valence-electron chi connectivity index (χ4n) is 6.33. The molecule has 0 radical (unpaired) electrons. The summed E-state index contributed by atoms with van der Waals surface area (Å²) in [6, 6.07) is 9.14. The third-order valence-electron chi connectivity index (χ3n) is 8.54. The molecule has 0 spiro atoms. The van der Waals surface area contributed by atoms with Gasteiger partial charge in [-0.3, -0.25) is 0 Å². The lowest BCUT2D eigenvalue weighted by atomic mass is 9.72. The van der Waals surface area contributed by atoms with Crippen LogP contribution in [0.4, 0.5) is 10.5 Å². The summed E-state index contributed by atoms with van der Waals surface area (Å²) in [6.45, 7) is 0.415. The lowest BCUT2D eigenvalue weighted by molar-refractivity contribution is 0.120. The van der Waals surface area contributed by atoms with Crippen LogP contribution in [0.1, 0.15) is 63.4 Å². The van der Waals surface area contributed by atoms with Crippen molar-refractivity contribution in [3.05, 3.63) is 35.9 Å². The Bertz CT molecular complexity index is 1070. The monoisotopic (exact) mass is 540 g/mol. The van der Waals surface area contributed by atoms with Crippen molar-refractivity contribution in [1.29, 1.82) is 0 Å². The van der Waals surface area contributed by atoms with Crippen LogP contribution in [0.15, 0.2) is 30.3 Å². The Labute approximate surface area is 232 Å². The van der Waals surface area contributed by atoms with E-state index in [1.807, 2.05) is 23.1 Å². The third-order valence-corrected chi connectivity index (χ3v) is 8.54. The zero-order valence-electron chi connectivity index (χ0n) is 24.1. The van der Waals surface area contributed by atoms with E-state index in [-0.39, 0.29) is 12.1 Å². The molecule has 0 aliphatic heterocycles. The van der Waals surface area contributed by atoms with Crippen LogP contribution in [0.3, 0.4) is 0 Å². The number of amides is 2. The summed E-state index contributed by atoms with van der Waals surface area (Å²) < 4.78 is 27.6. The molecule has 39 heavy (non-hydrogen) atoms. The number of benzene rings is 2. The molecule has 0 bridgehead atoms. The molecule has 8 nitrogen and oxygen atoms in total. The first-order valence-electron chi connectivity index (χ1n) is 14.1. The molecule has 8 heteroatoms. The van der Waals surface area contributed by atoms with Crippen molar-refractivity contribution in [2.75, 3.05) is 40.9 Å². The van der Waals surface area contributed by atoms with Gasteiger partial charge in [0.1, 0.15) is 34.4 Å². The van der Waals surface area contributed by atoms with E-state index in [0.29, 0.717) is 41.0 Å². The minimum atomic E-state index is -0.198. The Balaban J connectivity index is 1.59. The van der Waals surface area contributed by atoms with Crippen LogP contribution in [-0.2, 0) is 6.54 Å². The summed E-state index contributed by atoms with van der Waals surface area (Å²) in [5.41, 5.74) is 1.41. The number of carbonyl (C=O) groups is 1. The zero-order chi connectivity index (χ0) is 27.8. The summed E-state index contributed by atoms with van der Waals surface area (Å²) in [6.07, 6.45) is 11.1. The minimum absolute atomic E-state index is 0.117. The van der Waals surface area contributed by atoms with E-state index in [9.17, 15) is 4.79 Å². The molecule has 0 saturated heterocycles. The lowest BCUT2D eigenvalue weighted by Crippen LogP contribution is -2.44. The lowest BCUT2D eigenvalue weighted by Gasteiger charge is -2.40. The van der Waals surface area contributed by atoms with E-state index < -0.39 is 0 Å². The zero-order valence-corrected chi connectivity index (χ0v) is 24.1. The van der Waals surface area contributed by atoms with Crippen molar-refractivity contribution in [2.45, 2.75) is 70.4 Å². The summed E-state index contributed by atoms with van der Waals surface area (Å²) in [4.78, 5) is 16.0. The summed E-state index contributed by atoms with van der Waals surface area (Å²) in [7, 11) is 7.99. The van der Waals surface area contributed by atoms with E-state index in [4.69, 9.17) is 23.7 Å². The van der Waals surface area contributed by atoms with E-state index in [2.05, 4.69) is 5.32 Å². The molecular formula is C31H44N2O6. The summed E-state index contributed by atoms with van der Waals surface area (Å²) >= 11 is 0. The number of nitrogens with one attached hydrogen (secondary N) is 1. The van der Waals surface area contributed by atoms with Crippen molar-refractivity contribution in [2.24, 2.45) is 11.8 Å². The maximum atomic E-state index is 14.0. The molecular weight excluding hydrogens is 496 g/mol. The third kappa shape index (κ3) is 6.84. The highest BCUT2D eigenvalue weighted by atomic mass is 16.5. The Morgan fingerprint density at radius 3 is 1.85 bits per heavy atom. The number of ether oxygens (including phenoxy) is 5. The van der Waals surface area contributed by atoms with Gasteiger partial charge in [-0.2, -0.15) is 0 Å². The molecule has 2 amide bonds. The van der Waals surface area contributed by atoms with Crippen LogP contribution in [0.2, 0.25) is 0 Å². The van der Waals surface area contributed by atoms with Crippen LogP contribution >= 0.6 is 0 Å². The van der Waals surface area contributed by atoms with Gasteiger partial charge in [0.25, 0.3) is 0 Å². The van der Waals surface area contributed by atoms with Gasteiger partial charge in [0, 0.05) is 29.8 Å². The van der Waals surface area contributed by atoms with Gasteiger partial charge in [0.2, 0.25) is 0 Å². The van der Waals surface area contributed by atoms with Crippen molar-refractivity contribution in [3.8, 4) is 28.7 Å². The molecule has 2 fully saturated rings. The quantitative estimate of drug-likeness (QED) is 0.353. The molecule has 2 aliphatic carbocycles. The van der Waals surface area contributed by atoms with E-state index >= 15 is 0 Å². The maximum absolute atomic E-state index is 14.0. The Kier molecular flexibility index (Phi) is 10.1. The second kappa shape index (κ2) is 13.7. The van der Waals surface area contributed by atoms with Gasteiger partial charge < -0.3 is 33.9 Å². The van der Waals surface area contributed by atoms with Gasteiger partial charge in [-0.05, 0) is 49.7 Å². The number of hydrogen-bond acceptors (Lipinski definition) is 6. The molecule has 1 N–H and O–H groups in total. The number of carbonyl (C=O) groups excluding carboxylic acids is 1. The minimum Gasteiger partial charge on any atom is -0.497 e. The molecule has 2 aromatic rings. The highest BCUT2D eigenvalue weighted by Gasteiger charge is 2.34. The Hall–Kier alpha value is -3.29. The maximum Gasteiger partial charge on any atom is 0.322 e. The van der Waals surface area contributed by atoms with Gasteiger partial charge >= 0.3 is 6.03 Å². The second-order valence-corrected chi connectivity index (χ2v) is 10.6. The van der Waals surface area contributed by atoms with Crippen molar-refractivity contribution in [3.63, 3.8) is 0 Å². The van der Waals surface area contributed by atoms with Crippen LogP contribution in [-0.4, -0.2) is 52.5 Å². The van der Waals surface area contributed by atoms with Crippen LogP contribution in [0, 0.1) is 11.8 Å². The molecule has 214 valence electrons. The summed E-state index contributed by atoms with van der Waals surface area (Å²) in [5.74, 6) is 4.56. The fourth-order valence-corrected chi connectivity index (χ4v) is 6.33. The molecule has 4 rings (SSSR count). The van der Waals surface area contributed by atoms with Gasteiger partial charge in [-0.15, -0.1) is 0 Å². The fraction of sp³-hybridized carbons (Fsp3) is 0.581.